The Morgan fingerprint density at radius 1 is 1.40 bits per heavy atom. The van der Waals surface area contributed by atoms with Crippen molar-refractivity contribution >= 4 is 6.09 Å². The molecule has 20 heavy (non-hydrogen) atoms. The predicted octanol–water partition coefficient (Wildman–Crippen LogP) is 3.30. The van der Waals surface area contributed by atoms with Gasteiger partial charge in [-0.15, -0.1) is 0 Å². The van der Waals surface area contributed by atoms with Gasteiger partial charge in [0.25, 0.3) is 5.92 Å². The maximum absolute atomic E-state index is 13.6. The van der Waals surface area contributed by atoms with Crippen molar-refractivity contribution in [3.63, 3.8) is 0 Å². The van der Waals surface area contributed by atoms with E-state index in [1.165, 1.54) is 4.90 Å². The van der Waals surface area contributed by atoms with Crippen molar-refractivity contribution in [2.24, 2.45) is 11.3 Å². The highest BCUT2D eigenvalue weighted by Gasteiger charge is 2.78. The third-order valence-corrected chi connectivity index (χ3v) is 4.56. The molecule has 0 N–H and O–H groups in total. The lowest BCUT2D eigenvalue weighted by atomic mass is 10.00. The fraction of sp³-hybridized carbons (Fsp3) is 0.533. The number of benzene rings is 1. The molecular weight excluding hydrogens is 264 g/mol. The van der Waals surface area contributed by atoms with E-state index >= 15 is 0 Å². The minimum atomic E-state index is -2.64. The van der Waals surface area contributed by atoms with Gasteiger partial charge in [-0.2, -0.15) is 0 Å². The number of fused-ring (bicyclic) bond motifs is 1. The molecule has 1 aromatic rings. The number of hydrogen-bond acceptors (Lipinski definition) is 2. The Bertz CT molecular complexity index is 520. The van der Waals surface area contributed by atoms with Crippen LogP contribution in [0.4, 0.5) is 13.6 Å². The third-order valence-electron chi connectivity index (χ3n) is 4.56. The molecule has 1 aromatic carbocycles. The van der Waals surface area contributed by atoms with E-state index in [2.05, 4.69) is 0 Å². The fourth-order valence-corrected chi connectivity index (χ4v) is 3.12. The van der Waals surface area contributed by atoms with Crippen LogP contribution in [0.25, 0.3) is 0 Å². The number of carbonyl (C=O) groups is 1. The molecule has 108 valence electrons. The SMILES string of the molecule is CC12CN(C(=O)OCc3ccccc3)CCC1C2(F)F. The fourth-order valence-electron chi connectivity index (χ4n) is 3.12. The quantitative estimate of drug-likeness (QED) is 0.832. The zero-order chi connectivity index (χ0) is 14.4. The molecule has 3 nitrogen and oxygen atoms in total. The molecule has 1 heterocycles. The third kappa shape index (κ3) is 1.96. The van der Waals surface area contributed by atoms with Gasteiger partial charge >= 0.3 is 6.09 Å². The molecule has 3 rings (SSSR count). The Morgan fingerprint density at radius 2 is 2.10 bits per heavy atom. The van der Waals surface area contributed by atoms with E-state index in [1.54, 1.807) is 6.92 Å². The lowest BCUT2D eigenvalue weighted by molar-refractivity contribution is 0.0494. The maximum Gasteiger partial charge on any atom is 0.410 e. The van der Waals surface area contributed by atoms with E-state index < -0.39 is 23.3 Å². The highest BCUT2D eigenvalue weighted by atomic mass is 19.3. The molecule has 2 atom stereocenters. The van der Waals surface area contributed by atoms with Gasteiger partial charge in [-0.05, 0) is 12.0 Å². The molecule has 0 aromatic heterocycles. The molecule has 1 amide bonds. The van der Waals surface area contributed by atoms with Crippen molar-refractivity contribution in [3.8, 4) is 0 Å². The number of ether oxygens (including phenoxy) is 1. The average molecular weight is 281 g/mol. The number of amides is 1. The molecule has 0 bridgehead atoms. The number of carbonyl (C=O) groups excluding carboxylic acids is 1. The summed E-state index contributed by atoms with van der Waals surface area (Å²) in [5.74, 6) is -3.21. The van der Waals surface area contributed by atoms with E-state index in [0.29, 0.717) is 13.0 Å². The Balaban J connectivity index is 1.57. The molecule has 0 radical (unpaired) electrons. The second kappa shape index (κ2) is 4.43. The van der Waals surface area contributed by atoms with Gasteiger partial charge in [-0.25, -0.2) is 13.6 Å². The summed E-state index contributed by atoms with van der Waals surface area (Å²) in [5.41, 5.74) is -0.171. The first-order valence-electron chi connectivity index (χ1n) is 6.78. The van der Waals surface area contributed by atoms with Crippen LogP contribution in [-0.2, 0) is 11.3 Å². The first kappa shape index (κ1) is 13.3. The molecule has 5 heteroatoms. The standard InChI is InChI=1S/C15H17F2NO2/c1-14-10-18(8-7-12(14)15(14,16)17)13(19)20-9-11-5-3-2-4-6-11/h2-6,12H,7-10H2,1H3. The minimum Gasteiger partial charge on any atom is -0.445 e. The molecule has 2 unspecified atom stereocenters. The zero-order valence-electron chi connectivity index (χ0n) is 11.3. The minimum absolute atomic E-state index is 0.0816. The van der Waals surface area contributed by atoms with Crippen LogP contribution in [0.5, 0.6) is 0 Å². The van der Waals surface area contributed by atoms with E-state index in [4.69, 9.17) is 4.74 Å². The number of alkyl halides is 2. The van der Waals surface area contributed by atoms with Gasteiger partial charge in [-0.1, -0.05) is 37.3 Å². The van der Waals surface area contributed by atoms with Gasteiger partial charge in [0.05, 0.1) is 5.41 Å². The molecule has 1 saturated carbocycles. The molecular formula is C15H17F2NO2. The Kier molecular flexibility index (Phi) is 2.96. The van der Waals surface area contributed by atoms with E-state index in [1.807, 2.05) is 30.3 Å². The second-order valence-corrected chi connectivity index (χ2v) is 5.84. The topological polar surface area (TPSA) is 29.5 Å². The van der Waals surface area contributed by atoms with Gasteiger partial charge in [-0.3, -0.25) is 0 Å². The summed E-state index contributed by atoms with van der Waals surface area (Å²) in [6.45, 7) is 2.16. The molecule has 1 aliphatic heterocycles. The summed E-state index contributed by atoms with van der Waals surface area (Å²) in [4.78, 5) is 13.4. The van der Waals surface area contributed by atoms with Crippen LogP contribution in [0.3, 0.4) is 0 Å². The number of piperidine rings is 1. The Labute approximate surface area is 116 Å². The van der Waals surface area contributed by atoms with Crippen molar-refractivity contribution in [2.45, 2.75) is 25.9 Å². The van der Waals surface area contributed by atoms with Crippen LogP contribution >= 0.6 is 0 Å². The van der Waals surface area contributed by atoms with Gasteiger partial charge in [0.1, 0.15) is 6.61 Å². The average Bonchev–Trinajstić information content (AvgIpc) is 2.90. The molecule has 2 fully saturated rings. The Hall–Kier alpha value is -1.65. The van der Waals surface area contributed by atoms with Crippen LogP contribution < -0.4 is 0 Å². The normalized spacial score (nSPS) is 30.6. The lowest BCUT2D eigenvalue weighted by Gasteiger charge is -2.28. The van der Waals surface area contributed by atoms with Gasteiger partial charge < -0.3 is 9.64 Å². The second-order valence-electron chi connectivity index (χ2n) is 5.84. The molecule has 0 spiro atoms. The van der Waals surface area contributed by atoms with Crippen LogP contribution in [0.2, 0.25) is 0 Å². The van der Waals surface area contributed by atoms with E-state index in [9.17, 15) is 13.6 Å². The summed E-state index contributed by atoms with van der Waals surface area (Å²) in [7, 11) is 0. The molecule has 1 aliphatic carbocycles. The first-order valence-corrected chi connectivity index (χ1v) is 6.78. The van der Waals surface area contributed by atoms with Crippen molar-refractivity contribution in [1.29, 1.82) is 0 Å². The summed E-state index contributed by atoms with van der Waals surface area (Å²) in [6.07, 6.45) is -0.152. The highest BCUT2D eigenvalue weighted by molar-refractivity contribution is 5.68. The van der Waals surface area contributed by atoms with Crippen LogP contribution in [0.1, 0.15) is 18.9 Å². The number of halogens is 2. The number of nitrogens with zero attached hydrogens (tertiary/aromatic N) is 1. The Morgan fingerprint density at radius 3 is 2.75 bits per heavy atom. The van der Waals surface area contributed by atoms with Crippen molar-refractivity contribution in [2.75, 3.05) is 13.1 Å². The maximum atomic E-state index is 13.6. The van der Waals surface area contributed by atoms with Crippen molar-refractivity contribution in [3.05, 3.63) is 35.9 Å². The lowest BCUT2D eigenvalue weighted by Crippen LogP contribution is -2.40. The van der Waals surface area contributed by atoms with Crippen molar-refractivity contribution < 1.29 is 18.3 Å². The van der Waals surface area contributed by atoms with Crippen LogP contribution in [-0.4, -0.2) is 30.0 Å². The highest BCUT2D eigenvalue weighted by Crippen LogP contribution is 2.68. The summed E-state index contributed by atoms with van der Waals surface area (Å²) in [5, 5.41) is 0. The number of hydrogen-bond donors (Lipinski definition) is 0. The van der Waals surface area contributed by atoms with Crippen LogP contribution in [0.15, 0.2) is 30.3 Å². The summed E-state index contributed by atoms with van der Waals surface area (Å²) >= 11 is 0. The smallest absolute Gasteiger partial charge is 0.410 e. The summed E-state index contributed by atoms with van der Waals surface area (Å²) < 4.78 is 32.4. The summed E-state index contributed by atoms with van der Waals surface area (Å²) in [6, 6.07) is 9.32. The monoisotopic (exact) mass is 281 g/mol. The molecule has 2 aliphatic rings. The predicted molar refractivity (Wildman–Crippen MR) is 69.4 cm³/mol. The van der Waals surface area contributed by atoms with Gasteiger partial charge in [0, 0.05) is 19.0 Å². The van der Waals surface area contributed by atoms with Crippen LogP contribution in [0, 0.1) is 11.3 Å². The van der Waals surface area contributed by atoms with Gasteiger partial charge in [0.2, 0.25) is 0 Å². The molecule has 1 saturated heterocycles. The van der Waals surface area contributed by atoms with Crippen molar-refractivity contribution in [1.82, 2.24) is 4.90 Å². The zero-order valence-corrected chi connectivity index (χ0v) is 11.3. The van der Waals surface area contributed by atoms with E-state index in [-0.39, 0.29) is 13.2 Å². The number of rotatable bonds is 2. The number of likely N-dealkylation sites (tertiary alicyclic amines) is 1. The largest absolute Gasteiger partial charge is 0.445 e. The van der Waals surface area contributed by atoms with Gasteiger partial charge in [0.15, 0.2) is 0 Å². The van der Waals surface area contributed by atoms with E-state index in [0.717, 1.165) is 5.56 Å². The first-order chi connectivity index (χ1) is 9.45.